The highest BCUT2D eigenvalue weighted by molar-refractivity contribution is 5.78. The lowest BCUT2D eigenvalue weighted by Gasteiger charge is -2.27. The molecular weight excluding hydrogens is 275 g/mol. The third-order valence-electron chi connectivity index (χ3n) is 2.90. The third kappa shape index (κ3) is 3.27. The molecule has 1 aromatic rings. The van der Waals surface area contributed by atoms with E-state index in [-0.39, 0.29) is 37.4 Å². The van der Waals surface area contributed by atoms with Gasteiger partial charge >= 0.3 is 6.18 Å². The number of rotatable bonds is 3. The van der Waals surface area contributed by atoms with Gasteiger partial charge in [-0.25, -0.2) is 0 Å². The van der Waals surface area contributed by atoms with Gasteiger partial charge in [0.15, 0.2) is 0 Å². The molecule has 0 fully saturated rings. The van der Waals surface area contributed by atoms with E-state index < -0.39 is 12.0 Å². The molecule has 0 aromatic carbocycles. The van der Waals surface area contributed by atoms with E-state index in [1.165, 1.54) is 0 Å². The van der Waals surface area contributed by atoms with Crippen molar-refractivity contribution in [2.75, 3.05) is 13.1 Å². The highest BCUT2D eigenvalue weighted by Crippen LogP contribution is 2.29. The van der Waals surface area contributed by atoms with E-state index in [2.05, 4.69) is 15.5 Å². The van der Waals surface area contributed by atoms with Crippen LogP contribution in [-0.4, -0.2) is 44.7 Å². The van der Waals surface area contributed by atoms with E-state index in [1.54, 1.807) is 4.90 Å². The van der Waals surface area contributed by atoms with E-state index in [0.717, 1.165) is 4.57 Å². The van der Waals surface area contributed by atoms with Crippen LogP contribution in [0.5, 0.6) is 0 Å². The minimum absolute atomic E-state index is 0.0350. The first-order valence-electron chi connectivity index (χ1n) is 6.28. The minimum atomic E-state index is -4.50. The van der Waals surface area contributed by atoms with Crippen molar-refractivity contribution in [2.45, 2.75) is 39.2 Å². The van der Waals surface area contributed by atoms with E-state index in [9.17, 15) is 18.0 Å². The molecule has 2 rings (SSSR count). The number of carbonyl (C=O) groups excluding carboxylic acids is 1. The SMILES string of the molecule is CC(C)NC(=O)CN1CCn2c(nnc2C(F)(F)F)C1. The molecule has 9 heteroatoms. The van der Waals surface area contributed by atoms with Crippen molar-refractivity contribution < 1.29 is 18.0 Å². The molecule has 1 N–H and O–H groups in total. The van der Waals surface area contributed by atoms with Gasteiger partial charge in [0.1, 0.15) is 5.82 Å². The summed E-state index contributed by atoms with van der Waals surface area (Å²) in [6.07, 6.45) is -4.50. The Morgan fingerprint density at radius 2 is 2.05 bits per heavy atom. The number of halogens is 3. The molecule has 0 bridgehead atoms. The molecule has 0 aliphatic carbocycles. The normalized spacial score (nSPS) is 16.3. The Balaban J connectivity index is 2.02. The van der Waals surface area contributed by atoms with Crippen LogP contribution in [-0.2, 0) is 24.1 Å². The Kier molecular flexibility index (Phi) is 3.98. The molecule has 1 aromatic heterocycles. The first-order chi connectivity index (χ1) is 9.27. The fourth-order valence-corrected chi connectivity index (χ4v) is 2.12. The van der Waals surface area contributed by atoms with Crippen LogP contribution in [0.3, 0.4) is 0 Å². The summed E-state index contributed by atoms with van der Waals surface area (Å²) in [5.74, 6) is -0.885. The monoisotopic (exact) mass is 291 g/mol. The third-order valence-corrected chi connectivity index (χ3v) is 2.90. The van der Waals surface area contributed by atoms with E-state index in [0.29, 0.717) is 6.54 Å². The largest absolute Gasteiger partial charge is 0.451 e. The maximum Gasteiger partial charge on any atom is 0.451 e. The summed E-state index contributed by atoms with van der Waals surface area (Å²) in [5.41, 5.74) is 0. The Hall–Kier alpha value is -1.64. The average molecular weight is 291 g/mol. The van der Waals surface area contributed by atoms with Gasteiger partial charge in [-0.1, -0.05) is 0 Å². The molecule has 0 saturated carbocycles. The van der Waals surface area contributed by atoms with Gasteiger partial charge in [-0.15, -0.1) is 10.2 Å². The van der Waals surface area contributed by atoms with Gasteiger partial charge in [0, 0.05) is 19.1 Å². The van der Waals surface area contributed by atoms with Crippen molar-refractivity contribution in [1.82, 2.24) is 25.0 Å². The van der Waals surface area contributed by atoms with Gasteiger partial charge in [-0.05, 0) is 13.8 Å². The lowest BCUT2D eigenvalue weighted by atomic mass is 10.3. The Morgan fingerprint density at radius 3 is 2.65 bits per heavy atom. The van der Waals surface area contributed by atoms with Gasteiger partial charge in [-0.3, -0.25) is 9.69 Å². The van der Waals surface area contributed by atoms with Gasteiger partial charge in [0.2, 0.25) is 11.7 Å². The summed E-state index contributed by atoms with van der Waals surface area (Å²) in [5, 5.41) is 9.49. The lowest BCUT2D eigenvalue weighted by Crippen LogP contribution is -2.43. The molecule has 0 spiro atoms. The summed E-state index contributed by atoms with van der Waals surface area (Å²) < 4.78 is 39.0. The highest BCUT2D eigenvalue weighted by atomic mass is 19.4. The smallest absolute Gasteiger partial charge is 0.353 e. The van der Waals surface area contributed by atoms with Crippen molar-refractivity contribution in [1.29, 1.82) is 0 Å². The number of amides is 1. The Labute approximate surface area is 114 Å². The molecule has 0 unspecified atom stereocenters. The zero-order valence-electron chi connectivity index (χ0n) is 11.2. The zero-order chi connectivity index (χ0) is 14.9. The van der Waals surface area contributed by atoms with E-state index >= 15 is 0 Å². The van der Waals surface area contributed by atoms with Crippen LogP contribution >= 0.6 is 0 Å². The number of hydrogen-bond acceptors (Lipinski definition) is 4. The van der Waals surface area contributed by atoms with Crippen molar-refractivity contribution in [3.8, 4) is 0 Å². The number of carbonyl (C=O) groups is 1. The molecule has 6 nitrogen and oxygen atoms in total. The highest BCUT2D eigenvalue weighted by Gasteiger charge is 2.39. The summed E-state index contributed by atoms with van der Waals surface area (Å²) in [4.78, 5) is 13.4. The number of nitrogens with zero attached hydrogens (tertiary/aromatic N) is 4. The number of hydrogen-bond donors (Lipinski definition) is 1. The predicted octanol–water partition coefficient (Wildman–Crippen LogP) is 0.637. The molecule has 1 amide bonds. The fraction of sp³-hybridized carbons (Fsp3) is 0.727. The van der Waals surface area contributed by atoms with Gasteiger partial charge in [0.25, 0.3) is 0 Å². The molecule has 20 heavy (non-hydrogen) atoms. The van der Waals surface area contributed by atoms with Gasteiger partial charge in [0.05, 0.1) is 13.1 Å². The second-order valence-corrected chi connectivity index (χ2v) is 5.02. The van der Waals surface area contributed by atoms with Crippen LogP contribution in [0.4, 0.5) is 13.2 Å². The van der Waals surface area contributed by atoms with Crippen molar-refractivity contribution >= 4 is 5.91 Å². The standard InChI is InChI=1S/C11H16F3N5O/c1-7(2)15-9(20)6-18-3-4-19-8(5-18)16-17-10(19)11(12,13)14/h7H,3-6H2,1-2H3,(H,15,20). The topological polar surface area (TPSA) is 63.1 Å². The van der Waals surface area contributed by atoms with Crippen molar-refractivity contribution in [3.05, 3.63) is 11.6 Å². The maximum atomic E-state index is 12.7. The Morgan fingerprint density at radius 1 is 1.35 bits per heavy atom. The van der Waals surface area contributed by atoms with E-state index in [4.69, 9.17) is 0 Å². The minimum Gasteiger partial charge on any atom is -0.353 e. The zero-order valence-corrected chi connectivity index (χ0v) is 11.2. The molecule has 0 radical (unpaired) electrons. The second-order valence-electron chi connectivity index (χ2n) is 5.02. The van der Waals surface area contributed by atoms with Crippen LogP contribution in [0.15, 0.2) is 0 Å². The van der Waals surface area contributed by atoms with Crippen LogP contribution in [0, 0.1) is 0 Å². The number of aromatic nitrogens is 3. The van der Waals surface area contributed by atoms with E-state index in [1.807, 2.05) is 13.8 Å². The summed E-state index contributed by atoms with van der Waals surface area (Å²) in [7, 11) is 0. The number of fused-ring (bicyclic) bond motifs is 1. The first kappa shape index (κ1) is 14.8. The molecular formula is C11H16F3N5O. The van der Waals surface area contributed by atoms with Crippen LogP contribution < -0.4 is 5.32 Å². The number of nitrogens with one attached hydrogen (secondary N) is 1. The fourth-order valence-electron chi connectivity index (χ4n) is 2.12. The quantitative estimate of drug-likeness (QED) is 0.887. The average Bonchev–Trinajstić information content (AvgIpc) is 2.69. The second kappa shape index (κ2) is 5.39. The summed E-state index contributed by atoms with van der Waals surface area (Å²) in [6.45, 7) is 4.52. The molecule has 112 valence electrons. The van der Waals surface area contributed by atoms with Gasteiger partial charge < -0.3 is 9.88 Å². The molecule has 1 aliphatic heterocycles. The Bertz CT molecular complexity index is 497. The van der Waals surface area contributed by atoms with Gasteiger partial charge in [-0.2, -0.15) is 13.2 Å². The summed E-state index contributed by atoms with van der Waals surface area (Å²) in [6, 6.07) is 0.0350. The number of alkyl halides is 3. The lowest BCUT2D eigenvalue weighted by molar-refractivity contribution is -0.148. The molecule has 1 aliphatic rings. The van der Waals surface area contributed by atoms with Crippen molar-refractivity contribution in [2.24, 2.45) is 0 Å². The molecule has 2 heterocycles. The molecule has 0 atom stereocenters. The predicted molar refractivity (Wildman–Crippen MR) is 63.6 cm³/mol. The summed E-state index contributed by atoms with van der Waals surface area (Å²) >= 11 is 0. The first-order valence-corrected chi connectivity index (χ1v) is 6.28. The maximum absolute atomic E-state index is 12.7. The molecule has 0 saturated heterocycles. The van der Waals surface area contributed by atoms with Crippen LogP contribution in [0.25, 0.3) is 0 Å². The van der Waals surface area contributed by atoms with Crippen LogP contribution in [0.1, 0.15) is 25.5 Å². The van der Waals surface area contributed by atoms with Crippen molar-refractivity contribution in [3.63, 3.8) is 0 Å². The van der Waals surface area contributed by atoms with Crippen LogP contribution in [0.2, 0.25) is 0 Å².